The third kappa shape index (κ3) is 4.04. The fraction of sp³-hybridized carbons (Fsp3) is 0.400. The molecule has 0 saturated carbocycles. The summed E-state index contributed by atoms with van der Waals surface area (Å²) in [4.78, 5) is 6.66. The summed E-state index contributed by atoms with van der Waals surface area (Å²) in [5.41, 5.74) is 1.01. The average Bonchev–Trinajstić information content (AvgIpc) is 2.77. The van der Waals surface area contributed by atoms with Gasteiger partial charge in [-0.2, -0.15) is 0 Å². The van der Waals surface area contributed by atoms with Crippen molar-refractivity contribution in [3.05, 3.63) is 36.9 Å². The van der Waals surface area contributed by atoms with Crippen LogP contribution in [-0.4, -0.2) is 36.6 Å². The number of hydrogen-bond acceptors (Lipinski definition) is 4. The Kier molecular flexibility index (Phi) is 4.93. The molecule has 0 aliphatic rings. The summed E-state index contributed by atoms with van der Waals surface area (Å²) in [7, 11) is 4.12. The maximum Gasteiger partial charge on any atom is 0.274 e. The van der Waals surface area contributed by atoms with Crippen LogP contribution in [0.5, 0.6) is 5.19 Å². The number of aromatic nitrogens is 1. The molecule has 0 aliphatic carbocycles. The monoisotopic (exact) mass is 276 g/mol. The van der Waals surface area contributed by atoms with E-state index in [4.69, 9.17) is 4.74 Å². The fourth-order valence-electron chi connectivity index (χ4n) is 1.94. The molecule has 0 amide bonds. The number of rotatable bonds is 7. The van der Waals surface area contributed by atoms with Gasteiger partial charge < -0.3 is 9.64 Å². The van der Waals surface area contributed by atoms with E-state index in [0.29, 0.717) is 0 Å². The highest BCUT2D eigenvalue weighted by Crippen LogP contribution is 2.28. The van der Waals surface area contributed by atoms with E-state index in [9.17, 15) is 0 Å². The van der Waals surface area contributed by atoms with Gasteiger partial charge in [0, 0.05) is 6.54 Å². The van der Waals surface area contributed by atoms with Crippen molar-refractivity contribution in [3.63, 3.8) is 0 Å². The van der Waals surface area contributed by atoms with Crippen molar-refractivity contribution in [3.8, 4) is 5.19 Å². The number of nitrogens with zero attached hydrogens (tertiary/aromatic N) is 2. The molecular formula is C15H20N2OS. The molecule has 2 aromatic rings. The first kappa shape index (κ1) is 14.0. The summed E-state index contributed by atoms with van der Waals surface area (Å²) in [5, 5.41) is 0.761. The highest BCUT2D eigenvalue weighted by atomic mass is 32.1. The minimum atomic E-state index is 0.161. The van der Waals surface area contributed by atoms with E-state index in [2.05, 4.69) is 36.6 Å². The molecule has 1 atom stereocenters. The lowest BCUT2D eigenvalue weighted by molar-refractivity contribution is 0.152. The maximum absolute atomic E-state index is 6.03. The summed E-state index contributed by atoms with van der Waals surface area (Å²) in [5.74, 6) is 0. The zero-order valence-electron chi connectivity index (χ0n) is 11.5. The summed E-state index contributed by atoms with van der Waals surface area (Å²) < 4.78 is 7.20. The Hall–Kier alpha value is -1.39. The quantitative estimate of drug-likeness (QED) is 0.723. The number of hydrogen-bond donors (Lipinski definition) is 0. The van der Waals surface area contributed by atoms with Crippen LogP contribution in [0, 0.1) is 0 Å². The molecule has 2 rings (SSSR count). The van der Waals surface area contributed by atoms with Crippen LogP contribution >= 0.6 is 11.3 Å². The van der Waals surface area contributed by atoms with Crippen molar-refractivity contribution in [2.75, 3.05) is 20.6 Å². The topological polar surface area (TPSA) is 25.4 Å². The van der Waals surface area contributed by atoms with E-state index >= 15 is 0 Å². The third-order valence-corrected chi connectivity index (χ3v) is 3.73. The zero-order valence-corrected chi connectivity index (χ0v) is 12.3. The van der Waals surface area contributed by atoms with Crippen LogP contribution in [0.15, 0.2) is 36.9 Å². The van der Waals surface area contributed by atoms with E-state index in [1.807, 2.05) is 24.3 Å². The lowest BCUT2D eigenvalue weighted by Gasteiger charge is -2.20. The number of benzene rings is 1. The lowest BCUT2D eigenvalue weighted by atomic mass is 10.2. The van der Waals surface area contributed by atoms with E-state index in [1.165, 1.54) is 4.70 Å². The predicted octanol–water partition coefficient (Wildman–Crippen LogP) is 3.57. The Morgan fingerprint density at radius 2 is 2.21 bits per heavy atom. The normalized spacial score (nSPS) is 12.8. The second-order valence-electron chi connectivity index (χ2n) is 4.82. The van der Waals surface area contributed by atoms with Crippen LogP contribution in [0.2, 0.25) is 0 Å². The molecule has 0 bridgehead atoms. The van der Waals surface area contributed by atoms with Gasteiger partial charge >= 0.3 is 0 Å². The van der Waals surface area contributed by atoms with Gasteiger partial charge in [0.25, 0.3) is 5.19 Å². The first-order valence-electron chi connectivity index (χ1n) is 6.47. The van der Waals surface area contributed by atoms with Gasteiger partial charge in [0.2, 0.25) is 0 Å². The second kappa shape index (κ2) is 6.68. The zero-order chi connectivity index (χ0) is 13.7. The molecule has 1 heterocycles. The number of fused-ring (bicyclic) bond motifs is 1. The number of allylic oxidation sites excluding steroid dienone is 1. The van der Waals surface area contributed by atoms with Crippen molar-refractivity contribution < 1.29 is 4.74 Å². The van der Waals surface area contributed by atoms with Gasteiger partial charge in [-0.25, -0.2) is 4.98 Å². The SMILES string of the molecule is C=CCC[C@H](CN(C)C)Oc1nc2ccccc2s1. The largest absolute Gasteiger partial charge is 0.465 e. The Morgan fingerprint density at radius 3 is 2.89 bits per heavy atom. The van der Waals surface area contributed by atoms with Crippen molar-refractivity contribution in [1.29, 1.82) is 0 Å². The Labute approximate surface area is 118 Å². The minimum absolute atomic E-state index is 0.161. The van der Waals surface area contributed by atoms with E-state index in [-0.39, 0.29) is 6.10 Å². The highest BCUT2D eigenvalue weighted by Gasteiger charge is 2.14. The van der Waals surface area contributed by atoms with Gasteiger partial charge in [0.05, 0.1) is 10.2 Å². The van der Waals surface area contributed by atoms with Crippen LogP contribution in [-0.2, 0) is 0 Å². The summed E-state index contributed by atoms with van der Waals surface area (Å²) in [6.45, 7) is 4.66. The standard InChI is InChI=1S/C15H20N2OS/c1-4-5-8-12(11-17(2)3)18-15-16-13-9-6-7-10-14(13)19-15/h4,6-7,9-10,12H,1,5,8,11H2,2-3H3/t12-/m1/s1. The van der Waals surface area contributed by atoms with E-state index in [0.717, 1.165) is 30.1 Å². The van der Waals surface area contributed by atoms with Crippen molar-refractivity contribution >= 4 is 21.6 Å². The average molecular weight is 276 g/mol. The molecule has 19 heavy (non-hydrogen) atoms. The van der Waals surface area contributed by atoms with Gasteiger partial charge in [0.15, 0.2) is 0 Å². The summed E-state index contributed by atoms with van der Waals surface area (Å²) in [6.07, 6.45) is 4.03. The number of para-hydroxylation sites is 1. The molecule has 0 radical (unpaired) electrons. The second-order valence-corrected chi connectivity index (χ2v) is 5.81. The lowest BCUT2D eigenvalue weighted by Crippen LogP contribution is -2.30. The Balaban J connectivity index is 2.08. The Morgan fingerprint density at radius 1 is 1.42 bits per heavy atom. The van der Waals surface area contributed by atoms with Gasteiger partial charge in [-0.1, -0.05) is 29.5 Å². The summed E-state index contributed by atoms with van der Waals surface area (Å²) >= 11 is 1.61. The molecular weight excluding hydrogens is 256 g/mol. The third-order valence-electron chi connectivity index (χ3n) is 2.80. The number of ether oxygens (including phenoxy) is 1. The predicted molar refractivity (Wildman–Crippen MR) is 82.0 cm³/mol. The molecule has 1 aromatic heterocycles. The van der Waals surface area contributed by atoms with Crippen LogP contribution in [0.25, 0.3) is 10.2 Å². The van der Waals surface area contributed by atoms with Crippen molar-refractivity contribution in [2.24, 2.45) is 0 Å². The minimum Gasteiger partial charge on any atom is -0.465 e. The first-order valence-corrected chi connectivity index (χ1v) is 7.28. The highest BCUT2D eigenvalue weighted by molar-refractivity contribution is 7.20. The van der Waals surface area contributed by atoms with Gasteiger partial charge in [-0.15, -0.1) is 6.58 Å². The smallest absolute Gasteiger partial charge is 0.274 e. The molecule has 0 unspecified atom stereocenters. The molecule has 4 heteroatoms. The molecule has 0 fully saturated rings. The molecule has 0 saturated heterocycles. The number of likely N-dealkylation sites (N-methyl/N-ethyl adjacent to an activating group) is 1. The van der Waals surface area contributed by atoms with Gasteiger partial charge in [-0.05, 0) is 39.1 Å². The molecule has 1 aromatic carbocycles. The van der Waals surface area contributed by atoms with Crippen molar-refractivity contribution in [1.82, 2.24) is 9.88 Å². The Bertz CT molecular complexity index is 503. The molecule has 0 spiro atoms. The maximum atomic E-state index is 6.03. The fourth-order valence-corrected chi connectivity index (χ4v) is 2.82. The molecule has 102 valence electrons. The summed E-state index contributed by atoms with van der Waals surface area (Å²) in [6, 6.07) is 8.12. The molecule has 3 nitrogen and oxygen atoms in total. The van der Waals surface area contributed by atoms with Gasteiger partial charge in [-0.3, -0.25) is 0 Å². The van der Waals surface area contributed by atoms with Gasteiger partial charge in [0.1, 0.15) is 6.10 Å². The van der Waals surface area contributed by atoms with Crippen LogP contribution in [0.3, 0.4) is 0 Å². The van der Waals surface area contributed by atoms with Crippen molar-refractivity contribution in [2.45, 2.75) is 18.9 Å². The van der Waals surface area contributed by atoms with E-state index < -0.39 is 0 Å². The first-order chi connectivity index (χ1) is 9.19. The molecule has 0 N–H and O–H groups in total. The molecule has 0 aliphatic heterocycles. The van der Waals surface area contributed by atoms with Crippen LogP contribution in [0.1, 0.15) is 12.8 Å². The number of thiazole rings is 1. The van der Waals surface area contributed by atoms with Crippen LogP contribution < -0.4 is 4.74 Å². The van der Waals surface area contributed by atoms with Crippen LogP contribution in [0.4, 0.5) is 0 Å². The van der Waals surface area contributed by atoms with E-state index in [1.54, 1.807) is 11.3 Å².